The Morgan fingerprint density at radius 1 is 1.44 bits per heavy atom. The van der Waals surface area contributed by atoms with Crippen LogP contribution in [-0.2, 0) is 11.3 Å². The number of amides is 1. The van der Waals surface area contributed by atoms with E-state index in [1.807, 2.05) is 29.9 Å². The summed E-state index contributed by atoms with van der Waals surface area (Å²) in [4.78, 5) is 17.7. The average molecular weight is 277 g/mol. The van der Waals surface area contributed by atoms with E-state index in [9.17, 15) is 4.79 Å². The van der Waals surface area contributed by atoms with Gasteiger partial charge in [-0.15, -0.1) is 23.1 Å². The van der Waals surface area contributed by atoms with Crippen molar-refractivity contribution in [3.8, 4) is 0 Å². The summed E-state index contributed by atoms with van der Waals surface area (Å²) in [6, 6.07) is 6.04. The number of thiazole rings is 1. The molecule has 0 spiro atoms. The lowest BCUT2D eigenvalue weighted by Gasteiger charge is -2.17. The van der Waals surface area contributed by atoms with Crippen LogP contribution in [0.1, 0.15) is 4.88 Å². The van der Waals surface area contributed by atoms with Crippen molar-refractivity contribution in [3.63, 3.8) is 0 Å². The molecular weight excluding hydrogens is 266 g/mol. The fourth-order valence-corrected chi connectivity index (χ4v) is 3.03. The third-order valence-electron chi connectivity index (χ3n) is 2.56. The van der Waals surface area contributed by atoms with Crippen LogP contribution < -0.4 is 10.6 Å². The Bertz CT molecular complexity index is 569. The number of carbonyl (C=O) groups is 1. The molecule has 0 atom stereocenters. The first-order valence-electron chi connectivity index (χ1n) is 5.49. The molecule has 1 aromatic heterocycles. The molecule has 0 unspecified atom stereocenters. The molecule has 1 aliphatic heterocycles. The van der Waals surface area contributed by atoms with E-state index in [-0.39, 0.29) is 5.91 Å². The summed E-state index contributed by atoms with van der Waals surface area (Å²) in [5, 5.41) is 6.21. The Kier molecular flexibility index (Phi) is 3.21. The maximum absolute atomic E-state index is 11.3. The van der Waals surface area contributed by atoms with Gasteiger partial charge in [-0.2, -0.15) is 0 Å². The van der Waals surface area contributed by atoms with Gasteiger partial charge in [-0.1, -0.05) is 0 Å². The van der Waals surface area contributed by atoms with Crippen molar-refractivity contribution in [2.24, 2.45) is 0 Å². The number of rotatable bonds is 3. The second-order valence-corrected chi connectivity index (χ2v) is 5.86. The minimum atomic E-state index is 0.0621. The van der Waals surface area contributed by atoms with Crippen molar-refractivity contribution < 1.29 is 4.79 Å². The molecule has 1 amide bonds. The van der Waals surface area contributed by atoms with Gasteiger partial charge in [-0.05, 0) is 18.2 Å². The van der Waals surface area contributed by atoms with Crippen molar-refractivity contribution in [1.29, 1.82) is 0 Å². The Labute approximate surface area is 113 Å². The van der Waals surface area contributed by atoms with Crippen LogP contribution in [0.25, 0.3) is 0 Å². The van der Waals surface area contributed by atoms with Crippen LogP contribution in [0.5, 0.6) is 0 Å². The second kappa shape index (κ2) is 4.99. The van der Waals surface area contributed by atoms with Gasteiger partial charge in [0.2, 0.25) is 5.91 Å². The molecular formula is C12H11N3OS2. The third-order valence-corrected chi connectivity index (χ3v) is 4.42. The van der Waals surface area contributed by atoms with Crippen LogP contribution in [-0.4, -0.2) is 16.6 Å². The first kappa shape index (κ1) is 11.6. The van der Waals surface area contributed by atoms with Gasteiger partial charge in [0.25, 0.3) is 0 Å². The number of carbonyl (C=O) groups excluding carboxylic acids is 1. The van der Waals surface area contributed by atoms with Gasteiger partial charge < -0.3 is 10.6 Å². The smallest absolute Gasteiger partial charge is 0.234 e. The lowest BCUT2D eigenvalue weighted by Crippen LogP contribution is -2.18. The number of anilines is 2. The van der Waals surface area contributed by atoms with Crippen LogP contribution in [0.4, 0.5) is 11.4 Å². The molecule has 92 valence electrons. The summed E-state index contributed by atoms with van der Waals surface area (Å²) in [6.45, 7) is 0.755. The number of thioether (sulfide) groups is 1. The molecule has 3 rings (SSSR count). The zero-order valence-electron chi connectivity index (χ0n) is 9.47. The Morgan fingerprint density at radius 3 is 3.22 bits per heavy atom. The molecule has 1 aromatic carbocycles. The average Bonchev–Trinajstić information content (AvgIpc) is 2.89. The first-order chi connectivity index (χ1) is 8.81. The highest BCUT2D eigenvalue weighted by Gasteiger charge is 2.15. The molecule has 0 fully saturated rings. The van der Waals surface area contributed by atoms with Crippen LogP contribution >= 0.6 is 23.1 Å². The predicted octanol–water partition coefficient (Wildman–Crippen LogP) is 2.80. The van der Waals surface area contributed by atoms with Gasteiger partial charge in [-0.3, -0.25) is 9.78 Å². The molecule has 18 heavy (non-hydrogen) atoms. The van der Waals surface area contributed by atoms with Crippen molar-refractivity contribution in [1.82, 2.24) is 4.98 Å². The summed E-state index contributed by atoms with van der Waals surface area (Å²) < 4.78 is 0. The van der Waals surface area contributed by atoms with E-state index < -0.39 is 0 Å². The molecule has 2 heterocycles. The van der Waals surface area contributed by atoms with Crippen LogP contribution in [0.2, 0.25) is 0 Å². The molecule has 2 N–H and O–H groups in total. The Morgan fingerprint density at radius 2 is 2.39 bits per heavy atom. The summed E-state index contributed by atoms with van der Waals surface area (Å²) in [6.07, 6.45) is 1.85. The van der Waals surface area contributed by atoms with Gasteiger partial charge in [0.05, 0.1) is 23.5 Å². The molecule has 4 nitrogen and oxygen atoms in total. The van der Waals surface area contributed by atoms with E-state index >= 15 is 0 Å². The summed E-state index contributed by atoms with van der Waals surface area (Å²) in [7, 11) is 0. The predicted molar refractivity (Wildman–Crippen MR) is 75.2 cm³/mol. The maximum Gasteiger partial charge on any atom is 0.234 e. The summed E-state index contributed by atoms with van der Waals surface area (Å²) >= 11 is 3.20. The maximum atomic E-state index is 11.3. The molecule has 0 aliphatic carbocycles. The third kappa shape index (κ3) is 2.49. The number of fused-ring (bicyclic) bond motifs is 1. The highest BCUT2D eigenvalue weighted by Crippen LogP contribution is 2.33. The SMILES string of the molecule is O=C1CSc2ccc(NCc3cncs3)cc2N1. The number of aromatic nitrogens is 1. The lowest BCUT2D eigenvalue weighted by atomic mass is 10.2. The van der Waals surface area contributed by atoms with Crippen molar-refractivity contribution >= 4 is 40.4 Å². The highest BCUT2D eigenvalue weighted by molar-refractivity contribution is 8.00. The topological polar surface area (TPSA) is 54.0 Å². The highest BCUT2D eigenvalue weighted by atomic mass is 32.2. The standard InChI is InChI=1S/C12H11N3OS2/c16-12-6-17-11-2-1-8(3-10(11)15-12)14-5-9-4-13-7-18-9/h1-4,7,14H,5-6H2,(H,15,16). The molecule has 1 aliphatic rings. The van der Waals surface area contributed by atoms with Gasteiger partial charge in [-0.25, -0.2) is 0 Å². The fraction of sp³-hybridized carbons (Fsp3) is 0.167. The number of hydrogen-bond acceptors (Lipinski definition) is 5. The number of nitrogens with zero attached hydrogens (tertiary/aromatic N) is 1. The zero-order chi connectivity index (χ0) is 12.4. The monoisotopic (exact) mass is 277 g/mol. The van der Waals surface area contributed by atoms with E-state index in [1.165, 1.54) is 4.88 Å². The summed E-state index contributed by atoms with van der Waals surface area (Å²) in [5.74, 6) is 0.563. The van der Waals surface area contributed by atoms with Crippen LogP contribution in [0, 0.1) is 0 Å². The fourth-order valence-electron chi connectivity index (χ4n) is 1.71. The number of hydrogen-bond donors (Lipinski definition) is 2. The van der Waals surface area contributed by atoms with E-state index in [4.69, 9.17) is 0 Å². The number of nitrogens with one attached hydrogen (secondary N) is 2. The van der Waals surface area contributed by atoms with Crippen LogP contribution in [0.3, 0.4) is 0 Å². The Hall–Kier alpha value is -1.53. The van der Waals surface area contributed by atoms with E-state index in [2.05, 4.69) is 15.6 Å². The molecule has 6 heteroatoms. The molecule has 0 radical (unpaired) electrons. The van der Waals surface area contributed by atoms with Gasteiger partial charge in [0, 0.05) is 21.7 Å². The van der Waals surface area contributed by atoms with Gasteiger partial charge >= 0.3 is 0 Å². The van der Waals surface area contributed by atoms with E-state index in [0.29, 0.717) is 5.75 Å². The van der Waals surface area contributed by atoms with E-state index in [1.54, 1.807) is 23.1 Å². The summed E-state index contributed by atoms with van der Waals surface area (Å²) in [5.41, 5.74) is 3.72. The van der Waals surface area contributed by atoms with E-state index in [0.717, 1.165) is 22.8 Å². The Balaban J connectivity index is 1.73. The largest absolute Gasteiger partial charge is 0.380 e. The molecule has 0 saturated carbocycles. The molecule has 0 bridgehead atoms. The second-order valence-electron chi connectivity index (χ2n) is 3.87. The number of benzene rings is 1. The minimum absolute atomic E-state index is 0.0621. The van der Waals surface area contributed by atoms with Crippen molar-refractivity contribution in [2.45, 2.75) is 11.4 Å². The van der Waals surface area contributed by atoms with Crippen molar-refractivity contribution in [3.05, 3.63) is 34.8 Å². The normalized spacial score (nSPS) is 13.9. The van der Waals surface area contributed by atoms with Gasteiger partial charge in [0.1, 0.15) is 0 Å². The molecule has 2 aromatic rings. The first-order valence-corrected chi connectivity index (χ1v) is 7.36. The molecule has 0 saturated heterocycles. The quantitative estimate of drug-likeness (QED) is 0.906. The minimum Gasteiger partial charge on any atom is -0.380 e. The lowest BCUT2D eigenvalue weighted by molar-refractivity contribution is -0.113. The van der Waals surface area contributed by atoms with Gasteiger partial charge in [0.15, 0.2) is 0 Å². The zero-order valence-corrected chi connectivity index (χ0v) is 11.1. The van der Waals surface area contributed by atoms with Crippen LogP contribution in [0.15, 0.2) is 34.8 Å². The van der Waals surface area contributed by atoms with Crippen molar-refractivity contribution in [2.75, 3.05) is 16.4 Å².